The zero-order valence-corrected chi connectivity index (χ0v) is 9.33. The topological polar surface area (TPSA) is 38.9 Å². The van der Waals surface area contributed by atoms with Crippen LogP contribution in [0.1, 0.15) is 12.1 Å². The first kappa shape index (κ1) is 10.3. The van der Waals surface area contributed by atoms with Crippen LogP contribution in [-0.4, -0.2) is 11.5 Å². The van der Waals surface area contributed by atoms with E-state index in [0.717, 1.165) is 30.8 Å². The highest BCUT2D eigenvalue weighted by Gasteiger charge is 2.00. The highest BCUT2D eigenvalue weighted by atomic mass is 32.1. The lowest BCUT2D eigenvalue weighted by atomic mass is 10.1. The smallest absolute Gasteiger partial charge is 0.0713 e. The molecular weight excluding hydrogens is 204 g/mol. The van der Waals surface area contributed by atoms with Gasteiger partial charge in [-0.15, -0.1) is 0 Å². The van der Waals surface area contributed by atoms with Gasteiger partial charge in [-0.05, 0) is 43.0 Å². The fourth-order valence-corrected chi connectivity index (χ4v) is 2.12. The SMILES string of the molecule is NCCCc1cccc(-c2ccsc2)n1. The lowest BCUT2D eigenvalue weighted by molar-refractivity contribution is 0.811. The van der Waals surface area contributed by atoms with Gasteiger partial charge in [0.2, 0.25) is 0 Å². The van der Waals surface area contributed by atoms with Crippen molar-refractivity contribution < 1.29 is 0 Å². The van der Waals surface area contributed by atoms with Gasteiger partial charge in [-0.25, -0.2) is 0 Å². The summed E-state index contributed by atoms with van der Waals surface area (Å²) in [5.41, 5.74) is 8.88. The fourth-order valence-electron chi connectivity index (χ4n) is 1.47. The number of hydrogen-bond donors (Lipinski definition) is 1. The van der Waals surface area contributed by atoms with Crippen LogP contribution in [0, 0.1) is 0 Å². The Kier molecular flexibility index (Phi) is 3.48. The average molecular weight is 218 g/mol. The number of rotatable bonds is 4. The molecule has 2 nitrogen and oxygen atoms in total. The van der Waals surface area contributed by atoms with E-state index < -0.39 is 0 Å². The average Bonchev–Trinajstić information content (AvgIpc) is 2.80. The van der Waals surface area contributed by atoms with Gasteiger partial charge in [0.25, 0.3) is 0 Å². The summed E-state index contributed by atoms with van der Waals surface area (Å²) in [6.45, 7) is 0.727. The minimum atomic E-state index is 0.727. The first-order valence-corrected chi connectivity index (χ1v) is 6.03. The Labute approximate surface area is 93.8 Å². The number of aryl methyl sites for hydroxylation is 1. The fraction of sp³-hybridized carbons (Fsp3) is 0.250. The molecule has 78 valence electrons. The molecule has 2 heterocycles. The van der Waals surface area contributed by atoms with Crippen LogP contribution in [0.4, 0.5) is 0 Å². The molecule has 0 bridgehead atoms. The molecule has 2 aromatic rings. The maximum Gasteiger partial charge on any atom is 0.0713 e. The molecule has 0 radical (unpaired) electrons. The van der Waals surface area contributed by atoms with Crippen molar-refractivity contribution in [3.05, 3.63) is 40.7 Å². The van der Waals surface area contributed by atoms with Gasteiger partial charge in [-0.2, -0.15) is 11.3 Å². The van der Waals surface area contributed by atoms with Gasteiger partial charge < -0.3 is 5.73 Å². The van der Waals surface area contributed by atoms with E-state index in [1.54, 1.807) is 11.3 Å². The van der Waals surface area contributed by atoms with Crippen LogP contribution in [0.2, 0.25) is 0 Å². The van der Waals surface area contributed by atoms with Crippen molar-refractivity contribution in [1.29, 1.82) is 0 Å². The molecule has 2 rings (SSSR count). The van der Waals surface area contributed by atoms with Crippen LogP contribution in [0.3, 0.4) is 0 Å². The number of hydrogen-bond acceptors (Lipinski definition) is 3. The van der Waals surface area contributed by atoms with Crippen LogP contribution in [0.25, 0.3) is 11.3 Å². The number of nitrogens with two attached hydrogens (primary N) is 1. The molecule has 3 heteroatoms. The Morgan fingerprint density at radius 3 is 2.93 bits per heavy atom. The molecule has 0 aromatic carbocycles. The molecule has 0 aliphatic rings. The van der Waals surface area contributed by atoms with Gasteiger partial charge in [-0.1, -0.05) is 6.07 Å². The second kappa shape index (κ2) is 5.05. The zero-order chi connectivity index (χ0) is 10.5. The van der Waals surface area contributed by atoms with Crippen LogP contribution in [0.5, 0.6) is 0 Å². The molecule has 0 spiro atoms. The molecule has 0 atom stereocenters. The lowest BCUT2D eigenvalue weighted by Gasteiger charge is -2.02. The van der Waals surface area contributed by atoms with Gasteiger partial charge in [0, 0.05) is 16.6 Å². The largest absolute Gasteiger partial charge is 0.330 e. The maximum atomic E-state index is 5.48. The molecule has 0 aliphatic heterocycles. The third-order valence-corrected chi connectivity index (χ3v) is 2.94. The van der Waals surface area contributed by atoms with E-state index in [9.17, 15) is 0 Å². The lowest BCUT2D eigenvalue weighted by Crippen LogP contribution is -2.01. The summed E-state index contributed by atoms with van der Waals surface area (Å²) < 4.78 is 0. The van der Waals surface area contributed by atoms with E-state index in [2.05, 4.69) is 33.9 Å². The molecule has 0 unspecified atom stereocenters. The standard InChI is InChI=1S/C12H14N2S/c13-7-2-4-11-3-1-5-12(14-11)10-6-8-15-9-10/h1,3,5-6,8-9H,2,4,7,13H2. The van der Waals surface area contributed by atoms with Gasteiger partial charge >= 0.3 is 0 Å². The normalized spacial score (nSPS) is 10.5. The first-order valence-electron chi connectivity index (χ1n) is 5.09. The highest BCUT2D eigenvalue weighted by molar-refractivity contribution is 7.08. The van der Waals surface area contributed by atoms with Crippen molar-refractivity contribution in [2.75, 3.05) is 6.54 Å². The van der Waals surface area contributed by atoms with E-state index in [-0.39, 0.29) is 0 Å². The third-order valence-electron chi connectivity index (χ3n) is 2.26. The second-order valence-electron chi connectivity index (χ2n) is 3.42. The van der Waals surface area contributed by atoms with E-state index in [0.29, 0.717) is 0 Å². The van der Waals surface area contributed by atoms with E-state index in [1.807, 2.05) is 6.07 Å². The van der Waals surface area contributed by atoms with Crippen molar-refractivity contribution in [2.45, 2.75) is 12.8 Å². The summed E-state index contributed by atoms with van der Waals surface area (Å²) in [6, 6.07) is 8.27. The predicted molar refractivity (Wildman–Crippen MR) is 64.9 cm³/mol. The Morgan fingerprint density at radius 1 is 1.27 bits per heavy atom. The monoisotopic (exact) mass is 218 g/mol. The molecular formula is C12H14N2S. The van der Waals surface area contributed by atoms with Crippen LogP contribution in [-0.2, 0) is 6.42 Å². The van der Waals surface area contributed by atoms with Gasteiger partial charge in [0.05, 0.1) is 5.69 Å². The minimum Gasteiger partial charge on any atom is -0.330 e. The summed E-state index contributed by atoms with van der Waals surface area (Å²) in [4.78, 5) is 4.60. The van der Waals surface area contributed by atoms with Crippen LogP contribution >= 0.6 is 11.3 Å². The predicted octanol–water partition coefficient (Wildman–Crippen LogP) is 2.70. The summed E-state index contributed by atoms with van der Waals surface area (Å²) in [5.74, 6) is 0. The van der Waals surface area contributed by atoms with Gasteiger partial charge in [0.1, 0.15) is 0 Å². The van der Waals surface area contributed by atoms with Crippen molar-refractivity contribution in [2.24, 2.45) is 5.73 Å². The molecule has 2 N–H and O–H groups in total. The quantitative estimate of drug-likeness (QED) is 0.857. The molecule has 0 fully saturated rings. The van der Waals surface area contributed by atoms with Gasteiger partial charge in [0.15, 0.2) is 0 Å². The summed E-state index contributed by atoms with van der Waals surface area (Å²) >= 11 is 1.70. The minimum absolute atomic E-state index is 0.727. The molecule has 2 aromatic heterocycles. The zero-order valence-electron chi connectivity index (χ0n) is 8.52. The Morgan fingerprint density at radius 2 is 2.20 bits per heavy atom. The van der Waals surface area contributed by atoms with Crippen LogP contribution < -0.4 is 5.73 Å². The summed E-state index contributed by atoms with van der Waals surface area (Å²) in [6.07, 6.45) is 1.97. The first-order chi connectivity index (χ1) is 7.40. The molecule has 0 aliphatic carbocycles. The van der Waals surface area contributed by atoms with Crippen molar-refractivity contribution in [3.8, 4) is 11.3 Å². The molecule has 15 heavy (non-hydrogen) atoms. The molecule has 0 saturated heterocycles. The van der Waals surface area contributed by atoms with E-state index in [1.165, 1.54) is 5.56 Å². The van der Waals surface area contributed by atoms with E-state index >= 15 is 0 Å². The molecule has 0 amide bonds. The van der Waals surface area contributed by atoms with E-state index in [4.69, 9.17) is 5.73 Å². The Hall–Kier alpha value is -1.19. The highest BCUT2D eigenvalue weighted by Crippen LogP contribution is 2.20. The number of pyridine rings is 1. The Balaban J connectivity index is 2.19. The number of thiophene rings is 1. The summed E-state index contributed by atoms with van der Waals surface area (Å²) in [5, 5.41) is 4.19. The van der Waals surface area contributed by atoms with Crippen molar-refractivity contribution >= 4 is 11.3 Å². The second-order valence-corrected chi connectivity index (χ2v) is 4.20. The Bertz CT molecular complexity index is 409. The maximum absolute atomic E-state index is 5.48. The van der Waals surface area contributed by atoms with Gasteiger partial charge in [-0.3, -0.25) is 4.98 Å². The third kappa shape index (κ3) is 2.64. The number of nitrogens with zero attached hydrogens (tertiary/aromatic N) is 1. The van der Waals surface area contributed by atoms with Crippen LogP contribution in [0.15, 0.2) is 35.0 Å². The van der Waals surface area contributed by atoms with Crippen molar-refractivity contribution in [3.63, 3.8) is 0 Å². The molecule has 0 saturated carbocycles. The summed E-state index contributed by atoms with van der Waals surface area (Å²) in [7, 11) is 0. The van der Waals surface area contributed by atoms with Crippen molar-refractivity contribution in [1.82, 2.24) is 4.98 Å². The number of aromatic nitrogens is 1.